The van der Waals surface area contributed by atoms with E-state index in [0.29, 0.717) is 28.9 Å². The van der Waals surface area contributed by atoms with Gasteiger partial charge < -0.3 is 15.1 Å². The number of hydrogen-bond donors (Lipinski definition) is 2. The SMILES string of the molecule is CC(C)C[C@H](NC(=O)[C@@H]1CCCN1C)c1nc(C(=O)Nc2ccccc2Cl)co1. The summed E-state index contributed by atoms with van der Waals surface area (Å²) >= 11 is 6.09. The summed E-state index contributed by atoms with van der Waals surface area (Å²) in [6.45, 7) is 5.04. The fraction of sp³-hybridized carbons (Fsp3) is 0.476. The highest BCUT2D eigenvalue weighted by atomic mass is 35.5. The van der Waals surface area contributed by atoms with E-state index in [9.17, 15) is 9.59 Å². The standard InChI is InChI=1S/C21H27ClN4O3/c1-13(2)11-16(24-20(28)18-9-6-10-26(18)3)21-25-17(12-29-21)19(27)23-15-8-5-4-7-14(15)22/h4-5,7-8,12-13,16,18H,6,9-11H2,1-3H3,(H,23,27)(H,24,28)/t16-,18-/m0/s1. The van der Waals surface area contributed by atoms with Crippen molar-refractivity contribution in [3.63, 3.8) is 0 Å². The van der Waals surface area contributed by atoms with Gasteiger partial charge in [-0.2, -0.15) is 0 Å². The highest BCUT2D eigenvalue weighted by Crippen LogP contribution is 2.24. The zero-order valence-corrected chi connectivity index (χ0v) is 17.7. The summed E-state index contributed by atoms with van der Waals surface area (Å²) in [5.74, 6) is 0.195. The molecule has 1 aliphatic rings. The van der Waals surface area contributed by atoms with Gasteiger partial charge in [0.15, 0.2) is 5.69 Å². The second-order valence-corrected chi connectivity index (χ2v) is 8.24. The van der Waals surface area contributed by atoms with Gasteiger partial charge in [0.1, 0.15) is 12.3 Å². The van der Waals surface area contributed by atoms with E-state index < -0.39 is 11.9 Å². The van der Waals surface area contributed by atoms with E-state index in [-0.39, 0.29) is 17.6 Å². The number of halogens is 1. The molecule has 2 N–H and O–H groups in total. The third-order valence-corrected chi connectivity index (χ3v) is 5.35. The number of hydrogen-bond acceptors (Lipinski definition) is 5. The van der Waals surface area contributed by atoms with Crippen molar-refractivity contribution in [2.75, 3.05) is 18.9 Å². The van der Waals surface area contributed by atoms with Crippen LogP contribution in [0.1, 0.15) is 55.5 Å². The molecule has 3 rings (SSSR count). The Morgan fingerprint density at radius 3 is 2.76 bits per heavy atom. The Hall–Kier alpha value is -2.38. The lowest BCUT2D eigenvalue weighted by Crippen LogP contribution is -2.43. The van der Waals surface area contributed by atoms with Crippen LogP contribution in [0.15, 0.2) is 34.9 Å². The number of likely N-dealkylation sites (N-methyl/N-ethyl adjacent to an activating group) is 1. The number of likely N-dealkylation sites (tertiary alicyclic amines) is 1. The maximum Gasteiger partial charge on any atom is 0.277 e. The fourth-order valence-corrected chi connectivity index (χ4v) is 3.69. The molecule has 8 heteroatoms. The molecule has 0 aliphatic carbocycles. The number of rotatable bonds is 7. The summed E-state index contributed by atoms with van der Waals surface area (Å²) in [6, 6.07) is 6.44. The van der Waals surface area contributed by atoms with Crippen LogP contribution in [0.5, 0.6) is 0 Å². The maximum atomic E-state index is 12.7. The number of nitrogens with one attached hydrogen (secondary N) is 2. The van der Waals surface area contributed by atoms with Gasteiger partial charge in [0.25, 0.3) is 5.91 Å². The monoisotopic (exact) mass is 418 g/mol. The Balaban J connectivity index is 1.72. The van der Waals surface area contributed by atoms with Gasteiger partial charge in [-0.3, -0.25) is 14.5 Å². The summed E-state index contributed by atoms with van der Waals surface area (Å²) in [7, 11) is 1.96. The molecule has 29 heavy (non-hydrogen) atoms. The van der Waals surface area contributed by atoms with Crippen LogP contribution in [-0.4, -0.2) is 41.3 Å². The lowest BCUT2D eigenvalue weighted by atomic mass is 10.0. The molecule has 1 saturated heterocycles. The van der Waals surface area contributed by atoms with Crippen molar-refractivity contribution >= 4 is 29.1 Å². The molecule has 156 valence electrons. The molecule has 0 saturated carbocycles. The molecule has 7 nitrogen and oxygen atoms in total. The number of carbonyl (C=O) groups is 2. The summed E-state index contributed by atoms with van der Waals surface area (Å²) < 4.78 is 5.57. The fourth-order valence-electron chi connectivity index (χ4n) is 3.50. The molecular formula is C21H27ClN4O3. The van der Waals surface area contributed by atoms with Gasteiger partial charge >= 0.3 is 0 Å². The Morgan fingerprint density at radius 2 is 2.10 bits per heavy atom. The van der Waals surface area contributed by atoms with E-state index in [1.54, 1.807) is 24.3 Å². The van der Waals surface area contributed by atoms with Gasteiger partial charge in [0.2, 0.25) is 11.8 Å². The second-order valence-electron chi connectivity index (χ2n) is 7.83. The Morgan fingerprint density at radius 1 is 1.34 bits per heavy atom. The lowest BCUT2D eigenvalue weighted by Gasteiger charge is -2.23. The van der Waals surface area contributed by atoms with E-state index in [1.165, 1.54) is 6.26 Å². The second kappa shape index (κ2) is 9.41. The van der Waals surface area contributed by atoms with Gasteiger partial charge in [0, 0.05) is 0 Å². The molecule has 1 aromatic carbocycles. The van der Waals surface area contributed by atoms with Crippen LogP contribution in [0.4, 0.5) is 5.69 Å². The van der Waals surface area contributed by atoms with Crippen molar-refractivity contribution in [2.45, 2.75) is 45.2 Å². The predicted octanol–water partition coefficient (Wildman–Crippen LogP) is 3.88. The zero-order chi connectivity index (χ0) is 21.0. The average molecular weight is 419 g/mol. The molecule has 1 fully saturated rings. The minimum atomic E-state index is -0.418. The van der Waals surface area contributed by atoms with Crippen molar-refractivity contribution in [1.82, 2.24) is 15.2 Å². The van der Waals surface area contributed by atoms with E-state index in [0.717, 1.165) is 19.4 Å². The zero-order valence-electron chi connectivity index (χ0n) is 16.9. The topological polar surface area (TPSA) is 87.5 Å². The first kappa shape index (κ1) is 21.3. The third-order valence-electron chi connectivity index (χ3n) is 5.02. The lowest BCUT2D eigenvalue weighted by molar-refractivity contribution is -0.126. The summed E-state index contributed by atoms with van der Waals surface area (Å²) in [5.41, 5.74) is 0.640. The molecule has 0 radical (unpaired) electrons. The molecule has 0 unspecified atom stereocenters. The van der Waals surface area contributed by atoms with Gasteiger partial charge in [-0.15, -0.1) is 0 Å². The molecule has 1 aliphatic heterocycles. The van der Waals surface area contributed by atoms with Gasteiger partial charge in [-0.1, -0.05) is 37.6 Å². The van der Waals surface area contributed by atoms with Crippen LogP contribution in [0.2, 0.25) is 5.02 Å². The number of para-hydroxylation sites is 1. The van der Waals surface area contributed by atoms with Crippen molar-refractivity contribution < 1.29 is 14.0 Å². The highest BCUT2D eigenvalue weighted by molar-refractivity contribution is 6.33. The summed E-state index contributed by atoms with van der Waals surface area (Å²) in [5, 5.41) is 6.22. The number of oxazole rings is 1. The van der Waals surface area contributed by atoms with E-state index in [4.69, 9.17) is 16.0 Å². The molecule has 1 aromatic heterocycles. The number of carbonyl (C=O) groups excluding carboxylic acids is 2. The minimum absolute atomic E-state index is 0.0316. The Bertz CT molecular complexity index is 867. The van der Waals surface area contributed by atoms with Crippen LogP contribution in [0.25, 0.3) is 0 Å². The van der Waals surface area contributed by atoms with Gasteiger partial charge in [-0.25, -0.2) is 4.98 Å². The van der Waals surface area contributed by atoms with Gasteiger partial charge in [0.05, 0.1) is 16.8 Å². The first-order valence-electron chi connectivity index (χ1n) is 9.87. The minimum Gasteiger partial charge on any atom is -0.446 e. The highest BCUT2D eigenvalue weighted by Gasteiger charge is 2.31. The number of benzene rings is 1. The first-order valence-corrected chi connectivity index (χ1v) is 10.2. The first-order chi connectivity index (χ1) is 13.8. The van der Waals surface area contributed by atoms with Crippen LogP contribution < -0.4 is 10.6 Å². The van der Waals surface area contributed by atoms with Crippen LogP contribution >= 0.6 is 11.6 Å². The van der Waals surface area contributed by atoms with Crippen LogP contribution in [0, 0.1) is 5.92 Å². The Labute approximate surface area is 175 Å². The van der Waals surface area contributed by atoms with Gasteiger partial charge in [-0.05, 0) is 50.9 Å². The molecule has 2 aromatic rings. The van der Waals surface area contributed by atoms with Crippen molar-refractivity contribution in [1.29, 1.82) is 0 Å². The summed E-state index contributed by atoms with van der Waals surface area (Å²) in [6.07, 6.45) is 3.82. The quantitative estimate of drug-likeness (QED) is 0.712. The van der Waals surface area contributed by atoms with Crippen molar-refractivity contribution in [2.24, 2.45) is 5.92 Å². The molecule has 2 atom stereocenters. The van der Waals surface area contributed by atoms with Crippen molar-refractivity contribution in [3.05, 3.63) is 47.1 Å². The van der Waals surface area contributed by atoms with E-state index in [1.807, 2.05) is 7.05 Å². The predicted molar refractivity (Wildman–Crippen MR) is 112 cm³/mol. The molecule has 0 bridgehead atoms. The van der Waals surface area contributed by atoms with Crippen molar-refractivity contribution in [3.8, 4) is 0 Å². The third kappa shape index (κ3) is 5.36. The van der Waals surface area contributed by atoms with E-state index in [2.05, 4.69) is 34.4 Å². The number of amides is 2. The smallest absolute Gasteiger partial charge is 0.277 e. The average Bonchev–Trinajstić information content (AvgIpc) is 3.32. The van der Waals surface area contributed by atoms with E-state index >= 15 is 0 Å². The van der Waals surface area contributed by atoms with Crippen LogP contribution in [-0.2, 0) is 4.79 Å². The molecule has 2 amide bonds. The number of aromatic nitrogens is 1. The Kier molecular flexibility index (Phi) is 6.92. The number of anilines is 1. The summed E-state index contributed by atoms with van der Waals surface area (Å²) in [4.78, 5) is 31.6. The number of nitrogens with zero attached hydrogens (tertiary/aromatic N) is 2. The molecular weight excluding hydrogens is 392 g/mol. The van der Waals surface area contributed by atoms with Crippen LogP contribution in [0.3, 0.4) is 0 Å². The maximum absolute atomic E-state index is 12.7. The largest absolute Gasteiger partial charge is 0.446 e. The normalized spacial score (nSPS) is 18.0. The molecule has 0 spiro atoms. The molecule has 2 heterocycles.